The van der Waals surface area contributed by atoms with Gasteiger partial charge in [0.05, 0.1) is 18.6 Å². The van der Waals surface area contributed by atoms with Crippen LogP contribution in [-0.2, 0) is 21.4 Å². The van der Waals surface area contributed by atoms with Crippen molar-refractivity contribution in [2.75, 3.05) is 13.7 Å². The number of amides is 1. The average Bonchev–Trinajstić information content (AvgIpc) is 2.72. The predicted molar refractivity (Wildman–Crippen MR) is 105 cm³/mol. The van der Waals surface area contributed by atoms with Crippen molar-refractivity contribution in [2.45, 2.75) is 25.3 Å². The van der Waals surface area contributed by atoms with Gasteiger partial charge in [-0.15, -0.1) is 11.1 Å². The van der Waals surface area contributed by atoms with E-state index in [1.54, 1.807) is 31.2 Å². The first-order valence-corrected chi connectivity index (χ1v) is 10.0. The van der Waals surface area contributed by atoms with E-state index in [-0.39, 0.29) is 23.2 Å². The Kier molecular flexibility index (Phi) is 7.61. The predicted octanol–water partition coefficient (Wildman–Crippen LogP) is 2.44. The third-order valence-electron chi connectivity index (χ3n) is 3.86. The number of hydrogen-bond acceptors (Lipinski definition) is 6. The molecule has 2 aromatic rings. The summed E-state index contributed by atoms with van der Waals surface area (Å²) in [5.74, 6) is 5.62. The molecule has 0 unspecified atom stereocenters. The number of methoxy groups -OCH3 is 1. The summed E-state index contributed by atoms with van der Waals surface area (Å²) in [5, 5.41) is 10.2. The number of hydrogen-bond donors (Lipinski definition) is 1. The maximum Gasteiger partial charge on any atom is 0.262 e. The number of hydrazine groups is 1. The SMILES string of the molecule is CC#CCOc1ccc(S(=O)(=O)N(Cc2ccc(OC)cc2)N(O)C(C)=O)cc1. The van der Waals surface area contributed by atoms with Gasteiger partial charge in [0.15, 0.2) is 0 Å². The van der Waals surface area contributed by atoms with Crippen molar-refractivity contribution in [3.8, 4) is 23.3 Å². The van der Waals surface area contributed by atoms with E-state index in [2.05, 4.69) is 11.8 Å². The molecule has 29 heavy (non-hydrogen) atoms. The van der Waals surface area contributed by atoms with E-state index in [9.17, 15) is 18.4 Å². The van der Waals surface area contributed by atoms with E-state index < -0.39 is 15.9 Å². The highest BCUT2D eigenvalue weighted by atomic mass is 32.2. The van der Waals surface area contributed by atoms with Crippen LogP contribution in [-0.4, -0.2) is 42.8 Å². The molecule has 0 fully saturated rings. The molecule has 0 spiro atoms. The Morgan fingerprint density at radius 1 is 1.07 bits per heavy atom. The molecule has 0 saturated carbocycles. The van der Waals surface area contributed by atoms with E-state index in [0.29, 0.717) is 21.5 Å². The van der Waals surface area contributed by atoms with Gasteiger partial charge < -0.3 is 9.47 Å². The molecule has 0 saturated heterocycles. The summed E-state index contributed by atoms with van der Waals surface area (Å²) in [6, 6.07) is 12.2. The van der Waals surface area contributed by atoms with Crippen LogP contribution in [0.2, 0.25) is 0 Å². The molecule has 0 aromatic heterocycles. The number of carbonyl (C=O) groups excluding carboxylic acids is 1. The van der Waals surface area contributed by atoms with Crippen LogP contribution in [0.3, 0.4) is 0 Å². The van der Waals surface area contributed by atoms with Gasteiger partial charge in [-0.2, -0.15) is 0 Å². The number of sulfonamides is 1. The van der Waals surface area contributed by atoms with Crippen LogP contribution in [0.1, 0.15) is 19.4 Å². The molecular weight excluding hydrogens is 396 g/mol. The minimum absolute atomic E-state index is 0.0841. The van der Waals surface area contributed by atoms with Gasteiger partial charge in [0.1, 0.15) is 18.1 Å². The van der Waals surface area contributed by atoms with Gasteiger partial charge in [0.2, 0.25) is 0 Å². The van der Waals surface area contributed by atoms with Crippen LogP contribution in [0, 0.1) is 11.8 Å². The third kappa shape index (κ3) is 5.71. The Bertz CT molecular complexity index is 992. The lowest BCUT2D eigenvalue weighted by Gasteiger charge is -2.28. The largest absolute Gasteiger partial charge is 0.497 e. The van der Waals surface area contributed by atoms with Gasteiger partial charge in [-0.1, -0.05) is 22.5 Å². The fourth-order valence-electron chi connectivity index (χ4n) is 2.32. The molecule has 0 aliphatic heterocycles. The third-order valence-corrected chi connectivity index (χ3v) is 5.56. The van der Waals surface area contributed by atoms with Gasteiger partial charge >= 0.3 is 0 Å². The zero-order valence-corrected chi connectivity index (χ0v) is 17.1. The monoisotopic (exact) mass is 418 g/mol. The molecular formula is C20H22N2O6S. The number of benzene rings is 2. The topological polar surface area (TPSA) is 96.4 Å². The van der Waals surface area contributed by atoms with Gasteiger partial charge in [0, 0.05) is 6.92 Å². The standard InChI is InChI=1S/C20H22N2O6S/c1-4-5-14-28-19-10-12-20(13-11-19)29(25,26)21(22(24)16(2)23)15-17-6-8-18(27-3)9-7-17/h6-13,24H,14-15H2,1-3H3. The molecule has 154 valence electrons. The second kappa shape index (κ2) is 9.93. The lowest BCUT2D eigenvalue weighted by molar-refractivity contribution is -0.211. The van der Waals surface area contributed by atoms with E-state index >= 15 is 0 Å². The average molecular weight is 418 g/mol. The van der Waals surface area contributed by atoms with Crippen molar-refractivity contribution in [3.05, 3.63) is 54.1 Å². The summed E-state index contributed by atoms with van der Waals surface area (Å²) in [7, 11) is -2.71. The van der Waals surface area contributed by atoms with Crippen LogP contribution in [0.25, 0.3) is 0 Å². The van der Waals surface area contributed by atoms with Gasteiger partial charge in [-0.25, -0.2) is 8.42 Å². The summed E-state index contributed by atoms with van der Waals surface area (Å²) in [5.41, 5.74) is 0.549. The van der Waals surface area contributed by atoms with Crippen LogP contribution < -0.4 is 9.47 Å². The van der Waals surface area contributed by atoms with Gasteiger partial charge in [0.25, 0.3) is 15.9 Å². The number of carbonyl (C=O) groups is 1. The molecule has 9 heteroatoms. The molecule has 0 heterocycles. The highest BCUT2D eigenvalue weighted by Crippen LogP contribution is 2.23. The smallest absolute Gasteiger partial charge is 0.262 e. The number of hydroxylamine groups is 1. The van der Waals surface area contributed by atoms with Crippen molar-refractivity contribution >= 4 is 15.9 Å². The van der Waals surface area contributed by atoms with Crippen molar-refractivity contribution in [1.82, 2.24) is 9.59 Å². The summed E-state index contributed by atoms with van der Waals surface area (Å²) >= 11 is 0. The maximum absolute atomic E-state index is 13.1. The molecule has 2 aromatic carbocycles. The molecule has 0 bridgehead atoms. The summed E-state index contributed by atoms with van der Waals surface area (Å²) in [6.07, 6.45) is 0. The highest BCUT2D eigenvalue weighted by molar-refractivity contribution is 7.89. The first-order valence-electron chi connectivity index (χ1n) is 8.57. The summed E-state index contributed by atoms with van der Waals surface area (Å²) in [4.78, 5) is 11.6. The van der Waals surface area contributed by atoms with Crippen LogP contribution in [0.5, 0.6) is 11.5 Å². The molecule has 0 aliphatic carbocycles. The van der Waals surface area contributed by atoms with Crippen molar-refractivity contribution in [3.63, 3.8) is 0 Å². The number of rotatable bonds is 8. The van der Waals surface area contributed by atoms with Crippen LogP contribution in [0.15, 0.2) is 53.4 Å². The second-order valence-electron chi connectivity index (χ2n) is 5.83. The zero-order chi connectivity index (χ0) is 21.4. The fourth-order valence-corrected chi connectivity index (χ4v) is 3.68. The zero-order valence-electron chi connectivity index (χ0n) is 16.3. The normalized spacial score (nSPS) is 10.8. The quantitative estimate of drug-likeness (QED) is 0.402. The Morgan fingerprint density at radius 2 is 1.66 bits per heavy atom. The molecule has 1 N–H and O–H groups in total. The van der Waals surface area contributed by atoms with Crippen LogP contribution in [0.4, 0.5) is 0 Å². The molecule has 1 amide bonds. The lowest BCUT2D eigenvalue weighted by atomic mass is 10.2. The fraction of sp³-hybridized carbons (Fsp3) is 0.250. The first-order chi connectivity index (χ1) is 13.8. The summed E-state index contributed by atoms with van der Waals surface area (Å²) < 4.78 is 37.2. The van der Waals surface area contributed by atoms with E-state index in [1.807, 2.05) is 0 Å². The van der Waals surface area contributed by atoms with Crippen molar-refractivity contribution in [2.24, 2.45) is 0 Å². The molecule has 8 nitrogen and oxygen atoms in total. The number of ether oxygens (including phenoxy) is 2. The first kappa shape index (κ1) is 22.2. The van der Waals surface area contributed by atoms with E-state index in [4.69, 9.17) is 9.47 Å². The van der Waals surface area contributed by atoms with Crippen molar-refractivity contribution < 1.29 is 27.9 Å². The van der Waals surface area contributed by atoms with E-state index in [1.165, 1.54) is 31.4 Å². The minimum atomic E-state index is -4.23. The Labute approximate surface area is 170 Å². The van der Waals surface area contributed by atoms with E-state index in [0.717, 1.165) is 6.92 Å². The number of nitrogens with zero attached hydrogens (tertiary/aromatic N) is 2. The minimum Gasteiger partial charge on any atom is -0.497 e. The summed E-state index contributed by atoms with van der Waals surface area (Å²) in [6.45, 7) is 2.67. The maximum atomic E-state index is 13.1. The lowest BCUT2D eigenvalue weighted by Crippen LogP contribution is -2.46. The molecule has 0 radical (unpaired) electrons. The Hall–Kier alpha value is -3.06. The highest BCUT2D eigenvalue weighted by Gasteiger charge is 2.31. The molecule has 2 rings (SSSR count). The Balaban J connectivity index is 2.32. The van der Waals surface area contributed by atoms with Crippen molar-refractivity contribution in [1.29, 1.82) is 0 Å². The molecule has 0 atom stereocenters. The Morgan fingerprint density at radius 3 is 2.17 bits per heavy atom. The van der Waals surface area contributed by atoms with Gasteiger partial charge in [-0.3, -0.25) is 10.0 Å². The van der Waals surface area contributed by atoms with Crippen LogP contribution >= 0.6 is 0 Å². The second-order valence-corrected chi connectivity index (χ2v) is 7.67. The van der Waals surface area contributed by atoms with Gasteiger partial charge in [-0.05, 0) is 48.9 Å². The molecule has 0 aliphatic rings.